The lowest BCUT2D eigenvalue weighted by Gasteiger charge is -2.29. The summed E-state index contributed by atoms with van der Waals surface area (Å²) >= 11 is 0. The molecule has 0 spiro atoms. The van der Waals surface area contributed by atoms with Crippen LogP contribution in [0.4, 0.5) is 0 Å². The monoisotopic (exact) mass is 224 g/mol. The molecule has 1 fully saturated rings. The second-order valence-electron chi connectivity index (χ2n) is 4.74. The molecule has 1 aromatic rings. The largest absolute Gasteiger partial charge is 0.469 e. The van der Waals surface area contributed by atoms with Gasteiger partial charge in [0.15, 0.2) is 0 Å². The van der Waals surface area contributed by atoms with E-state index in [1.165, 1.54) is 19.3 Å². The molecular formula is C13H20O3. The number of aliphatic hydroxyl groups is 2. The zero-order valence-corrected chi connectivity index (χ0v) is 9.51. The van der Waals surface area contributed by atoms with Gasteiger partial charge in [-0.05, 0) is 30.9 Å². The van der Waals surface area contributed by atoms with Crippen LogP contribution in [0, 0.1) is 5.92 Å². The summed E-state index contributed by atoms with van der Waals surface area (Å²) in [7, 11) is 0. The van der Waals surface area contributed by atoms with E-state index in [4.69, 9.17) is 4.42 Å². The lowest BCUT2D eigenvalue weighted by Crippen LogP contribution is -2.35. The topological polar surface area (TPSA) is 53.6 Å². The molecule has 0 saturated heterocycles. The van der Waals surface area contributed by atoms with Gasteiger partial charge in [0.2, 0.25) is 0 Å². The Morgan fingerprint density at radius 2 is 2.00 bits per heavy atom. The summed E-state index contributed by atoms with van der Waals surface area (Å²) in [4.78, 5) is 0. The van der Waals surface area contributed by atoms with Crippen LogP contribution in [0.2, 0.25) is 0 Å². The fourth-order valence-corrected chi connectivity index (χ4v) is 2.55. The van der Waals surface area contributed by atoms with E-state index in [0.29, 0.717) is 6.42 Å². The van der Waals surface area contributed by atoms with Gasteiger partial charge in [-0.25, -0.2) is 0 Å². The van der Waals surface area contributed by atoms with Gasteiger partial charge in [-0.1, -0.05) is 19.3 Å². The van der Waals surface area contributed by atoms with Crippen molar-refractivity contribution in [3.05, 3.63) is 24.2 Å². The fraction of sp³-hybridized carbons (Fsp3) is 0.692. The van der Waals surface area contributed by atoms with Gasteiger partial charge in [0.25, 0.3) is 0 Å². The first-order chi connectivity index (χ1) is 7.77. The molecule has 0 radical (unpaired) electrons. The van der Waals surface area contributed by atoms with Crippen LogP contribution in [0.25, 0.3) is 0 Å². The van der Waals surface area contributed by atoms with E-state index in [2.05, 4.69) is 0 Å². The first kappa shape index (κ1) is 11.7. The fourth-order valence-electron chi connectivity index (χ4n) is 2.55. The van der Waals surface area contributed by atoms with Crippen LogP contribution in [0.5, 0.6) is 0 Å². The summed E-state index contributed by atoms with van der Waals surface area (Å²) in [5.41, 5.74) is 0. The quantitative estimate of drug-likeness (QED) is 0.823. The second-order valence-corrected chi connectivity index (χ2v) is 4.74. The molecule has 16 heavy (non-hydrogen) atoms. The molecule has 1 heterocycles. The normalized spacial score (nSPS) is 21.9. The van der Waals surface area contributed by atoms with E-state index in [-0.39, 0.29) is 5.92 Å². The Morgan fingerprint density at radius 1 is 1.25 bits per heavy atom. The molecule has 3 heteroatoms. The van der Waals surface area contributed by atoms with Crippen molar-refractivity contribution in [1.82, 2.24) is 0 Å². The van der Waals surface area contributed by atoms with E-state index in [0.717, 1.165) is 18.6 Å². The predicted octanol–water partition coefficient (Wildman–Crippen LogP) is 2.12. The molecule has 0 bridgehead atoms. The molecule has 90 valence electrons. The Hall–Kier alpha value is -0.800. The Kier molecular flexibility index (Phi) is 4.02. The first-order valence-corrected chi connectivity index (χ1v) is 6.16. The first-order valence-electron chi connectivity index (χ1n) is 6.16. The standard InChI is InChI=1S/C13H20O3/c14-12(9-11-7-4-8-16-11)13(15)10-5-2-1-3-6-10/h4,7-8,10,12-15H,1-3,5-6,9H2. The Morgan fingerprint density at radius 3 is 2.62 bits per heavy atom. The summed E-state index contributed by atoms with van der Waals surface area (Å²) < 4.78 is 5.17. The van der Waals surface area contributed by atoms with Gasteiger partial charge in [0.05, 0.1) is 18.5 Å². The van der Waals surface area contributed by atoms with Crippen LogP contribution in [0.3, 0.4) is 0 Å². The minimum atomic E-state index is -0.700. The van der Waals surface area contributed by atoms with Crippen LogP contribution in [-0.2, 0) is 6.42 Å². The van der Waals surface area contributed by atoms with Gasteiger partial charge in [0.1, 0.15) is 5.76 Å². The number of aliphatic hydroxyl groups excluding tert-OH is 2. The highest BCUT2D eigenvalue weighted by atomic mass is 16.3. The number of furan rings is 1. The van der Waals surface area contributed by atoms with Crippen LogP contribution in [-0.4, -0.2) is 22.4 Å². The molecule has 3 nitrogen and oxygen atoms in total. The molecule has 1 saturated carbocycles. The van der Waals surface area contributed by atoms with Gasteiger partial charge in [-0.2, -0.15) is 0 Å². The van der Waals surface area contributed by atoms with E-state index in [1.807, 2.05) is 6.07 Å². The number of hydrogen-bond acceptors (Lipinski definition) is 3. The van der Waals surface area contributed by atoms with Gasteiger partial charge in [-0.15, -0.1) is 0 Å². The SMILES string of the molecule is OC(Cc1ccco1)C(O)C1CCCCC1. The summed E-state index contributed by atoms with van der Waals surface area (Å²) in [5.74, 6) is 1.00. The highest BCUT2D eigenvalue weighted by Crippen LogP contribution is 2.28. The Balaban J connectivity index is 1.85. The molecular weight excluding hydrogens is 204 g/mol. The Labute approximate surface area is 96.1 Å². The van der Waals surface area contributed by atoms with Gasteiger partial charge >= 0.3 is 0 Å². The van der Waals surface area contributed by atoms with Crippen molar-refractivity contribution < 1.29 is 14.6 Å². The third kappa shape index (κ3) is 2.86. The van der Waals surface area contributed by atoms with Crippen LogP contribution in [0.1, 0.15) is 37.9 Å². The van der Waals surface area contributed by atoms with Crippen LogP contribution in [0.15, 0.2) is 22.8 Å². The maximum Gasteiger partial charge on any atom is 0.106 e. The second kappa shape index (κ2) is 5.51. The van der Waals surface area contributed by atoms with E-state index >= 15 is 0 Å². The van der Waals surface area contributed by atoms with E-state index < -0.39 is 12.2 Å². The summed E-state index contributed by atoms with van der Waals surface area (Å²) in [6.07, 6.45) is 6.38. The van der Waals surface area contributed by atoms with Crippen molar-refractivity contribution in [3.8, 4) is 0 Å². The van der Waals surface area contributed by atoms with Crippen LogP contribution < -0.4 is 0 Å². The van der Waals surface area contributed by atoms with Crippen molar-refractivity contribution in [2.75, 3.05) is 0 Å². The Bertz CT molecular complexity index is 288. The molecule has 1 aliphatic carbocycles. The molecule has 2 unspecified atom stereocenters. The lowest BCUT2D eigenvalue weighted by atomic mass is 9.82. The maximum absolute atomic E-state index is 10.0. The minimum absolute atomic E-state index is 0.263. The number of rotatable bonds is 4. The summed E-state index contributed by atoms with van der Waals surface area (Å²) in [5, 5.41) is 20.0. The molecule has 1 aliphatic rings. The average molecular weight is 224 g/mol. The average Bonchev–Trinajstić information content (AvgIpc) is 2.82. The summed E-state index contributed by atoms with van der Waals surface area (Å²) in [6, 6.07) is 3.63. The summed E-state index contributed by atoms with van der Waals surface area (Å²) in [6.45, 7) is 0. The van der Waals surface area contributed by atoms with Gasteiger partial charge in [-0.3, -0.25) is 0 Å². The van der Waals surface area contributed by atoms with E-state index in [9.17, 15) is 10.2 Å². The van der Waals surface area contributed by atoms with Gasteiger partial charge < -0.3 is 14.6 Å². The highest BCUT2D eigenvalue weighted by Gasteiger charge is 2.28. The van der Waals surface area contributed by atoms with Crippen molar-refractivity contribution in [2.24, 2.45) is 5.92 Å². The zero-order valence-electron chi connectivity index (χ0n) is 9.51. The molecule has 1 aromatic heterocycles. The smallest absolute Gasteiger partial charge is 0.106 e. The van der Waals surface area contributed by atoms with Crippen molar-refractivity contribution in [2.45, 2.75) is 50.7 Å². The van der Waals surface area contributed by atoms with Crippen LogP contribution >= 0.6 is 0 Å². The van der Waals surface area contributed by atoms with Crippen molar-refractivity contribution in [1.29, 1.82) is 0 Å². The predicted molar refractivity (Wildman–Crippen MR) is 61.0 cm³/mol. The third-order valence-electron chi connectivity index (χ3n) is 3.52. The maximum atomic E-state index is 10.0. The molecule has 2 atom stereocenters. The van der Waals surface area contributed by atoms with Crippen molar-refractivity contribution in [3.63, 3.8) is 0 Å². The minimum Gasteiger partial charge on any atom is -0.469 e. The molecule has 2 N–H and O–H groups in total. The highest BCUT2D eigenvalue weighted by molar-refractivity contribution is 5.00. The lowest BCUT2D eigenvalue weighted by molar-refractivity contribution is -0.0283. The molecule has 0 aliphatic heterocycles. The van der Waals surface area contributed by atoms with Gasteiger partial charge in [0, 0.05) is 6.42 Å². The molecule has 0 aromatic carbocycles. The molecule has 0 amide bonds. The number of hydrogen-bond donors (Lipinski definition) is 2. The van der Waals surface area contributed by atoms with E-state index in [1.54, 1.807) is 12.3 Å². The zero-order chi connectivity index (χ0) is 11.4. The van der Waals surface area contributed by atoms with Crippen molar-refractivity contribution >= 4 is 0 Å². The molecule has 2 rings (SSSR count). The third-order valence-corrected chi connectivity index (χ3v) is 3.52.